The molecule has 0 saturated carbocycles. The Hall–Kier alpha value is -4.41. The first kappa shape index (κ1) is 67.6. The molecular weight excluding hydrogens is 1150 g/mol. The number of benzene rings is 4. The van der Waals surface area contributed by atoms with Crippen LogP contribution in [0.2, 0.25) is 0 Å². The zero-order valence-electron chi connectivity index (χ0n) is 41.6. The quantitative estimate of drug-likeness (QED) is 0.0162. The molecule has 1 atom stereocenters. The largest absolute Gasteiger partial charge is 0.497 e. The molecule has 4 aromatic carbocycles. The van der Waals surface area contributed by atoms with Crippen molar-refractivity contribution >= 4 is 134 Å². The number of aliphatic imine (C=N–C) groups is 1. The summed E-state index contributed by atoms with van der Waals surface area (Å²) in [5.41, 5.74) is 17.3. The Morgan fingerprint density at radius 3 is 1.69 bits per heavy atom. The Kier molecular flexibility index (Phi) is 33.4. The lowest BCUT2D eigenvalue weighted by atomic mass is 10.1. The van der Waals surface area contributed by atoms with Crippen LogP contribution < -0.4 is 41.4 Å². The van der Waals surface area contributed by atoms with Crippen molar-refractivity contribution in [3.8, 4) is 11.5 Å². The summed E-state index contributed by atoms with van der Waals surface area (Å²) in [6.45, 7) is 13.8. The van der Waals surface area contributed by atoms with E-state index in [1.165, 1.54) is 34.5 Å². The van der Waals surface area contributed by atoms with Crippen LogP contribution in [-0.2, 0) is 9.47 Å². The molecule has 0 radical (unpaired) electrons. The molecule has 408 valence electrons. The summed E-state index contributed by atoms with van der Waals surface area (Å²) in [6.07, 6.45) is 0. The molecule has 22 heteroatoms. The Bertz CT molecular complexity index is 2440. The van der Waals surface area contributed by atoms with Gasteiger partial charge >= 0.3 is 0 Å². The Morgan fingerprint density at radius 2 is 1.23 bits per heavy atom. The van der Waals surface area contributed by atoms with Crippen LogP contribution in [0.25, 0.3) is 0 Å². The zero-order chi connectivity index (χ0) is 50.3. The second-order valence-corrected chi connectivity index (χ2v) is 19.0. The molecule has 0 spiro atoms. The Balaban J connectivity index is 0.000000593. The number of rotatable bonds is 18. The summed E-state index contributed by atoms with van der Waals surface area (Å²) in [5.74, 6) is 2.33. The van der Waals surface area contributed by atoms with Gasteiger partial charge in [0.1, 0.15) is 22.2 Å². The SMILES string of the molecule is Br.C.C.CCSC(N)=NC(=S)Nc1ccc(N2CCN(CCOC)CC2)cc1.COCCN1CCN(c2ccc(Nc3nc(N)c(C(=O)c4cccc(OC)c4)s3)cc2)CC1.COc1cccc(C(=O)CBr)c1.P. The fourth-order valence-electron chi connectivity index (χ4n) is 7.28. The lowest BCUT2D eigenvalue weighted by Crippen LogP contribution is -2.47. The van der Waals surface area contributed by atoms with E-state index < -0.39 is 0 Å². The predicted molar refractivity (Wildman–Crippen MR) is 332 cm³/mol. The number of hydrogen-bond donors (Lipinski definition) is 4. The maximum atomic E-state index is 12.9. The van der Waals surface area contributed by atoms with E-state index in [1.807, 2.05) is 37.3 Å². The number of alkyl halides is 1. The molecule has 1 unspecified atom stereocenters. The number of thiocarbonyl (C=S) groups is 1. The van der Waals surface area contributed by atoms with Crippen LogP contribution in [0.3, 0.4) is 0 Å². The van der Waals surface area contributed by atoms with Crippen LogP contribution in [0.1, 0.15) is 47.4 Å². The smallest absolute Gasteiger partial charge is 0.206 e. The molecule has 2 fully saturated rings. The van der Waals surface area contributed by atoms with E-state index >= 15 is 0 Å². The van der Waals surface area contributed by atoms with Crippen LogP contribution in [0.15, 0.2) is 102 Å². The highest BCUT2D eigenvalue weighted by Crippen LogP contribution is 2.31. The number of ketones is 2. The fourth-order valence-corrected chi connectivity index (χ4v) is 9.20. The van der Waals surface area contributed by atoms with Gasteiger partial charge in [-0.2, -0.15) is 14.9 Å². The van der Waals surface area contributed by atoms with Gasteiger partial charge < -0.3 is 50.8 Å². The van der Waals surface area contributed by atoms with Crippen molar-refractivity contribution in [2.24, 2.45) is 10.7 Å². The van der Waals surface area contributed by atoms with Crippen molar-refractivity contribution in [1.29, 1.82) is 0 Å². The molecule has 1 aromatic heterocycles. The summed E-state index contributed by atoms with van der Waals surface area (Å²) in [5, 5.41) is 8.17. The van der Waals surface area contributed by atoms with Gasteiger partial charge in [-0.1, -0.05) is 85.1 Å². The van der Waals surface area contributed by atoms with E-state index in [-0.39, 0.29) is 59.1 Å². The number of ether oxygens (including phenoxy) is 4. The molecule has 5 aromatic rings. The first-order chi connectivity index (χ1) is 34.0. The number of nitrogens with zero attached hydrogens (tertiary/aromatic N) is 6. The zero-order valence-corrected chi connectivity index (χ0v) is 48.8. The van der Waals surface area contributed by atoms with Gasteiger partial charge in [-0.15, -0.1) is 17.0 Å². The van der Waals surface area contributed by atoms with Crippen molar-refractivity contribution < 1.29 is 28.5 Å². The average Bonchev–Trinajstić information content (AvgIpc) is 3.76. The number of carbonyl (C=O) groups is 2. The van der Waals surface area contributed by atoms with E-state index in [9.17, 15) is 9.59 Å². The summed E-state index contributed by atoms with van der Waals surface area (Å²) in [4.78, 5) is 42.6. The number of thiazole rings is 1. The highest BCUT2D eigenvalue weighted by molar-refractivity contribution is 9.09. The lowest BCUT2D eigenvalue weighted by Gasteiger charge is -2.36. The van der Waals surface area contributed by atoms with Gasteiger partial charge in [0.25, 0.3) is 0 Å². The minimum absolute atomic E-state index is 0. The summed E-state index contributed by atoms with van der Waals surface area (Å²) >= 11 is 11.0. The monoisotopic (exact) mass is 1220 g/mol. The minimum atomic E-state index is -0.170. The maximum absolute atomic E-state index is 12.9. The number of hydrogen-bond acceptors (Lipinski definition) is 16. The number of piperazine rings is 2. The molecule has 2 aliphatic heterocycles. The third kappa shape index (κ3) is 22.0. The minimum Gasteiger partial charge on any atom is -0.497 e. The molecule has 2 saturated heterocycles. The van der Waals surface area contributed by atoms with E-state index in [2.05, 4.69) is 80.4 Å². The molecule has 2 aliphatic rings. The molecule has 3 heterocycles. The second kappa shape index (κ2) is 36.6. The third-order valence-electron chi connectivity index (χ3n) is 11.1. The van der Waals surface area contributed by atoms with Crippen molar-refractivity contribution in [2.75, 3.05) is 144 Å². The number of halogens is 2. The van der Waals surface area contributed by atoms with Crippen molar-refractivity contribution in [3.05, 3.63) is 113 Å². The normalized spacial score (nSPS) is 13.4. The number of Topliss-reactive ketones (excluding diaryl/α,β-unsaturated/α-hetero) is 1. The lowest BCUT2D eigenvalue weighted by molar-refractivity contribution is 0.102. The van der Waals surface area contributed by atoms with E-state index in [0.29, 0.717) is 48.2 Å². The Labute approximate surface area is 475 Å². The van der Waals surface area contributed by atoms with E-state index in [1.54, 1.807) is 70.9 Å². The molecule has 6 N–H and O–H groups in total. The topological polar surface area (TPSA) is 185 Å². The number of anilines is 6. The standard InChI is InChI=1S/C24H29N5O3S.C17H27N5OS2.C9H9BrO2.2CH4.BrH.H3P/c1-31-15-14-28-10-12-29(13-11-28)19-8-6-18(7-9-19)26-24-27-23(25)22(33-24)21(30)17-4-3-5-20(16-17)32-2;1-3-25-16(18)20-17(24)19-14-4-6-15(7-5-14)22-10-8-21(9-11-22)12-13-23-2;1-12-8-4-2-3-7(5-8)9(11)6-10;;;;/h3-9,16H,10-15,25H2,1-2H3,(H,26,27);4-7H,3,8-13H2,1-2H3,(H3,18,19,20,24);2-5H,6H2,1H3;2*1H4;1H;1H3. The third-order valence-corrected chi connectivity index (χ3v) is 13.5. The second-order valence-electron chi connectivity index (χ2n) is 15.8. The number of carbonyl (C=O) groups excluding carboxylic acids is 2. The molecular formula is C52H77Br2N10O6PS3. The predicted octanol–water partition coefficient (Wildman–Crippen LogP) is 9.88. The Morgan fingerprint density at radius 1 is 0.757 bits per heavy atom. The van der Waals surface area contributed by atoms with Crippen LogP contribution >= 0.6 is 78.1 Å². The molecule has 74 heavy (non-hydrogen) atoms. The van der Waals surface area contributed by atoms with Gasteiger partial charge in [0.05, 0.1) is 32.8 Å². The molecule has 0 amide bonds. The molecule has 0 aliphatic carbocycles. The molecule has 0 bridgehead atoms. The van der Waals surface area contributed by atoms with Gasteiger partial charge in [0.2, 0.25) is 5.78 Å². The number of methoxy groups -OCH3 is 4. The van der Waals surface area contributed by atoms with Gasteiger partial charge in [0.15, 0.2) is 21.2 Å². The highest BCUT2D eigenvalue weighted by atomic mass is 79.9. The summed E-state index contributed by atoms with van der Waals surface area (Å²) in [7, 11) is 6.64. The first-order valence-electron chi connectivity index (χ1n) is 22.8. The van der Waals surface area contributed by atoms with Crippen LogP contribution in [0, 0.1) is 0 Å². The average molecular weight is 1230 g/mol. The highest BCUT2D eigenvalue weighted by Gasteiger charge is 2.21. The number of aromatic nitrogens is 1. The van der Waals surface area contributed by atoms with Crippen molar-refractivity contribution in [3.63, 3.8) is 0 Å². The first-order valence-corrected chi connectivity index (χ1v) is 26.2. The maximum Gasteiger partial charge on any atom is 0.206 e. The van der Waals surface area contributed by atoms with Gasteiger partial charge in [-0.25, -0.2) is 4.98 Å². The van der Waals surface area contributed by atoms with E-state index in [4.69, 9.17) is 42.6 Å². The summed E-state index contributed by atoms with van der Waals surface area (Å²) < 4.78 is 20.5. The van der Waals surface area contributed by atoms with Gasteiger partial charge in [0, 0.05) is 114 Å². The fraction of sp³-hybridized carbons (Fsp3) is 0.404. The van der Waals surface area contributed by atoms with Crippen LogP contribution in [-0.4, -0.2) is 155 Å². The number of nitrogen functional groups attached to an aromatic ring is 1. The van der Waals surface area contributed by atoms with Crippen LogP contribution in [0.5, 0.6) is 11.5 Å². The number of thioether (sulfide) groups is 1. The number of nitrogens with one attached hydrogen (secondary N) is 2. The molecule has 7 rings (SSSR count). The van der Waals surface area contributed by atoms with Crippen molar-refractivity contribution in [1.82, 2.24) is 14.8 Å². The van der Waals surface area contributed by atoms with Crippen molar-refractivity contribution in [2.45, 2.75) is 21.8 Å². The van der Waals surface area contributed by atoms with Crippen LogP contribution in [0.4, 0.5) is 33.7 Å². The summed E-state index contributed by atoms with van der Waals surface area (Å²) in [6, 6.07) is 30.7. The van der Waals surface area contributed by atoms with Gasteiger partial charge in [-0.3, -0.25) is 19.4 Å². The van der Waals surface area contributed by atoms with Gasteiger partial charge in [-0.05, 0) is 90.8 Å². The number of nitrogens with two attached hydrogens (primary N) is 2. The van der Waals surface area contributed by atoms with E-state index in [0.717, 1.165) is 95.8 Å². The molecule has 16 nitrogen and oxygen atoms in total. The number of amidine groups is 1.